The van der Waals surface area contributed by atoms with Crippen molar-refractivity contribution in [2.45, 2.75) is 0 Å². The van der Waals surface area contributed by atoms with Crippen LogP contribution in [0.5, 0.6) is 0 Å². The molecule has 0 amide bonds. The minimum absolute atomic E-state index is 0.695. The van der Waals surface area contributed by atoms with Crippen molar-refractivity contribution in [3.8, 4) is 0 Å². The normalized spacial score (nSPS) is 11.2. The molecular formula is C11H6ClNS. The lowest BCUT2D eigenvalue weighted by Crippen LogP contribution is -1.71. The number of pyridine rings is 1. The van der Waals surface area contributed by atoms with E-state index in [9.17, 15) is 0 Å². The van der Waals surface area contributed by atoms with Crippen LogP contribution in [0.2, 0.25) is 5.02 Å². The highest BCUT2D eigenvalue weighted by atomic mass is 35.5. The van der Waals surface area contributed by atoms with Crippen molar-refractivity contribution in [1.82, 2.24) is 4.98 Å². The number of thiophene rings is 1. The van der Waals surface area contributed by atoms with Gasteiger partial charge in [0.2, 0.25) is 0 Å². The zero-order chi connectivity index (χ0) is 9.54. The van der Waals surface area contributed by atoms with Crippen LogP contribution in [0, 0.1) is 0 Å². The lowest BCUT2D eigenvalue weighted by atomic mass is 10.2. The fraction of sp³-hybridized carbons (Fsp3) is 0. The highest BCUT2D eigenvalue weighted by molar-refractivity contribution is 7.25. The summed E-state index contributed by atoms with van der Waals surface area (Å²) < 4.78 is 1.26. The van der Waals surface area contributed by atoms with Crippen LogP contribution >= 0.6 is 22.9 Å². The van der Waals surface area contributed by atoms with Gasteiger partial charge in [-0.2, -0.15) is 0 Å². The average Bonchev–Trinajstić information content (AvgIpc) is 2.56. The number of fused-ring (bicyclic) bond motifs is 3. The van der Waals surface area contributed by atoms with E-state index in [1.54, 1.807) is 17.5 Å². The molecule has 68 valence electrons. The van der Waals surface area contributed by atoms with E-state index in [0.717, 1.165) is 10.2 Å². The van der Waals surface area contributed by atoms with E-state index in [0.29, 0.717) is 5.02 Å². The zero-order valence-corrected chi connectivity index (χ0v) is 8.77. The topological polar surface area (TPSA) is 12.9 Å². The van der Waals surface area contributed by atoms with E-state index < -0.39 is 0 Å². The second kappa shape index (κ2) is 2.94. The van der Waals surface area contributed by atoms with Gasteiger partial charge in [0.25, 0.3) is 0 Å². The minimum Gasteiger partial charge on any atom is -0.244 e. The third kappa shape index (κ3) is 1.11. The maximum Gasteiger partial charge on any atom is 0.124 e. The maximum atomic E-state index is 5.92. The zero-order valence-electron chi connectivity index (χ0n) is 7.20. The Morgan fingerprint density at radius 3 is 2.93 bits per heavy atom. The molecule has 0 atom stereocenters. The second-order valence-electron chi connectivity index (χ2n) is 3.10. The van der Waals surface area contributed by atoms with E-state index in [1.807, 2.05) is 18.2 Å². The first-order valence-corrected chi connectivity index (χ1v) is 5.47. The molecule has 0 bridgehead atoms. The SMILES string of the molecule is Clc1cnc2sc3ccccc3c2c1. The van der Waals surface area contributed by atoms with Crippen LogP contribution in [0.4, 0.5) is 0 Å². The van der Waals surface area contributed by atoms with Gasteiger partial charge in [-0.15, -0.1) is 11.3 Å². The van der Waals surface area contributed by atoms with Gasteiger partial charge in [0.05, 0.1) is 5.02 Å². The second-order valence-corrected chi connectivity index (χ2v) is 4.57. The van der Waals surface area contributed by atoms with E-state index in [1.165, 1.54) is 10.1 Å². The number of hydrogen-bond acceptors (Lipinski definition) is 2. The Balaban J connectivity index is 2.58. The molecule has 0 aliphatic carbocycles. The molecule has 2 aromatic heterocycles. The Hall–Kier alpha value is -1.12. The van der Waals surface area contributed by atoms with Crippen LogP contribution in [0.15, 0.2) is 36.5 Å². The number of rotatable bonds is 0. The Morgan fingerprint density at radius 1 is 1.14 bits per heavy atom. The van der Waals surface area contributed by atoms with Crippen molar-refractivity contribution in [2.24, 2.45) is 0 Å². The fourth-order valence-electron chi connectivity index (χ4n) is 1.58. The van der Waals surface area contributed by atoms with Gasteiger partial charge in [0, 0.05) is 21.7 Å². The van der Waals surface area contributed by atoms with Gasteiger partial charge in [-0.3, -0.25) is 0 Å². The van der Waals surface area contributed by atoms with E-state index >= 15 is 0 Å². The largest absolute Gasteiger partial charge is 0.244 e. The Labute approximate surface area is 90.0 Å². The van der Waals surface area contributed by atoms with Gasteiger partial charge < -0.3 is 0 Å². The van der Waals surface area contributed by atoms with Crippen molar-refractivity contribution in [1.29, 1.82) is 0 Å². The molecule has 0 aliphatic heterocycles. The number of nitrogens with zero attached hydrogens (tertiary/aromatic N) is 1. The Kier molecular flexibility index (Phi) is 1.72. The van der Waals surface area contributed by atoms with E-state index in [4.69, 9.17) is 11.6 Å². The lowest BCUT2D eigenvalue weighted by Gasteiger charge is -1.90. The number of hydrogen-bond donors (Lipinski definition) is 0. The summed E-state index contributed by atoms with van der Waals surface area (Å²) in [6.45, 7) is 0. The number of aromatic nitrogens is 1. The van der Waals surface area contributed by atoms with Crippen LogP contribution in [0.25, 0.3) is 20.3 Å². The molecule has 14 heavy (non-hydrogen) atoms. The predicted octanol–water partition coefficient (Wildman–Crippen LogP) is 4.10. The standard InChI is InChI=1S/C11H6ClNS/c12-7-5-9-8-3-1-2-4-10(8)14-11(9)13-6-7/h1-6H. The van der Waals surface area contributed by atoms with Gasteiger partial charge in [-0.25, -0.2) is 4.98 Å². The fourth-order valence-corrected chi connectivity index (χ4v) is 2.77. The molecule has 0 N–H and O–H groups in total. The molecular weight excluding hydrogens is 214 g/mol. The molecule has 0 radical (unpaired) electrons. The van der Waals surface area contributed by atoms with Gasteiger partial charge in [-0.1, -0.05) is 29.8 Å². The van der Waals surface area contributed by atoms with E-state index in [2.05, 4.69) is 17.1 Å². The molecule has 3 rings (SSSR count). The Morgan fingerprint density at radius 2 is 2.00 bits per heavy atom. The monoisotopic (exact) mass is 219 g/mol. The summed E-state index contributed by atoms with van der Waals surface area (Å²) in [6, 6.07) is 10.3. The number of halogens is 1. The van der Waals surface area contributed by atoms with Gasteiger partial charge in [0.15, 0.2) is 0 Å². The first-order chi connectivity index (χ1) is 6.84. The molecule has 3 aromatic rings. The van der Waals surface area contributed by atoms with Gasteiger partial charge in [-0.05, 0) is 12.1 Å². The van der Waals surface area contributed by atoms with Crippen LogP contribution in [0.3, 0.4) is 0 Å². The molecule has 0 saturated heterocycles. The first-order valence-electron chi connectivity index (χ1n) is 4.27. The average molecular weight is 220 g/mol. The molecule has 0 spiro atoms. The van der Waals surface area contributed by atoms with Crippen LogP contribution in [-0.4, -0.2) is 4.98 Å². The van der Waals surface area contributed by atoms with Crippen molar-refractivity contribution < 1.29 is 0 Å². The van der Waals surface area contributed by atoms with Crippen molar-refractivity contribution in [2.75, 3.05) is 0 Å². The quantitative estimate of drug-likeness (QED) is 0.555. The highest BCUT2D eigenvalue weighted by Gasteiger charge is 2.04. The third-order valence-electron chi connectivity index (χ3n) is 2.20. The molecule has 1 aromatic carbocycles. The summed E-state index contributed by atoms with van der Waals surface area (Å²) in [5, 5.41) is 3.08. The Bertz CT molecular complexity index is 615. The molecule has 1 nitrogen and oxygen atoms in total. The van der Waals surface area contributed by atoms with Crippen LogP contribution in [0.1, 0.15) is 0 Å². The molecule has 0 unspecified atom stereocenters. The molecule has 0 aliphatic rings. The summed E-state index contributed by atoms with van der Waals surface area (Å²) in [5.74, 6) is 0. The summed E-state index contributed by atoms with van der Waals surface area (Å²) in [7, 11) is 0. The van der Waals surface area contributed by atoms with Crippen LogP contribution < -0.4 is 0 Å². The van der Waals surface area contributed by atoms with Crippen molar-refractivity contribution >= 4 is 43.2 Å². The van der Waals surface area contributed by atoms with Crippen molar-refractivity contribution in [3.05, 3.63) is 41.6 Å². The smallest absolute Gasteiger partial charge is 0.124 e. The molecule has 0 saturated carbocycles. The minimum atomic E-state index is 0.695. The summed E-state index contributed by atoms with van der Waals surface area (Å²) in [5.41, 5.74) is 0. The summed E-state index contributed by atoms with van der Waals surface area (Å²) >= 11 is 7.62. The molecule has 0 fully saturated rings. The lowest BCUT2D eigenvalue weighted by molar-refractivity contribution is 1.45. The first kappa shape index (κ1) is 8.21. The van der Waals surface area contributed by atoms with Gasteiger partial charge in [0.1, 0.15) is 4.83 Å². The van der Waals surface area contributed by atoms with Crippen molar-refractivity contribution in [3.63, 3.8) is 0 Å². The van der Waals surface area contributed by atoms with Crippen LogP contribution in [-0.2, 0) is 0 Å². The van der Waals surface area contributed by atoms with Gasteiger partial charge >= 0.3 is 0 Å². The molecule has 3 heteroatoms. The van der Waals surface area contributed by atoms with E-state index in [-0.39, 0.29) is 0 Å². The predicted molar refractivity (Wildman–Crippen MR) is 62.1 cm³/mol. The maximum absolute atomic E-state index is 5.92. The summed E-state index contributed by atoms with van der Waals surface area (Å²) in [4.78, 5) is 5.36. The number of benzene rings is 1. The molecule has 2 heterocycles. The summed E-state index contributed by atoms with van der Waals surface area (Å²) in [6.07, 6.45) is 1.69. The highest BCUT2D eigenvalue weighted by Crippen LogP contribution is 2.33. The third-order valence-corrected chi connectivity index (χ3v) is 3.50.